The molecule has 1 aliphatic rings. The molecule has 1 N–H and O–H groups in total. The minimum Gasteiger partial charge on any atom is -0.241 e. The lowest BCUT2D eigenvalue weighted by Gasteiger charge is -2.09. The van der Waals surface area contributed by atoms with E-state index in [2.05, 4.69) is 9.71 Å². The van der Waals surface area contributed by atoms with E-state index in [1.54, 1.807) is 6.07 Å². The third kappa shape index (κ3) is 3.40. The molecule has 10 heteroatoms. The molecule has 0 aliphatic carbocycles. The predicted molar refractivity (Wildman–Crippen MR) is 87.5 cm³/mol. The van der Waals surface area contributed by atoms with Crippen LogP contribution in [-0.2, 0) is 19.9 Å². The van der Waals surface area contributed by atoms with Crippen LogP contribution >= 0.6 is 22.7 Å². The van der Waals surface area contributed by atoms with E-state index in [-0.39, 0.29) is 15.7 Å². The molecule has 6 nitrogen and oxygen atoms in total. The summed E-state index contributed by atoms with van der Waals surface area (Å²) in [6.45, 7) is 1.89. The van der Waals surface area contributed by atoms with Crippen LogP contribution in [0.15, 0.2) is 21.7 Å². The van der Waals surface area contributed by atoms with Crippen molar-refractivity contribution in [2.75, 3.05) is 11.5 Å². The van der Waals surface area contributed by atoms with Gasteiger partial charge in [-0.25, -0.2) is 26.5 Å². The molecule has 0 amide bonds. The first-order valence-corrected chi connectivity index (χ1v) is 11.5. The zero-order valence-electron chi connectivity index (χ0n) is 11.6. The van der Waals surface area contributed by atoms with Crippen molar-refractivity contribution in [2.24, 2.45) is 0 Å². The topological polar surface area (TPSA) is 93.2 Å². The van der Waals surface area contributed by atoms with Gasteiger partial charge in [0.2, 0.25) is 10.0 Å². The maximum absolute atomic E-state index is 12.3. The second kappa shape index (κ2) is 5.68. The number of nitrogens with one attached hydrogen (secondary N) is 1. The molecule has 22 heavy (non-hydrogen) atoms. The summed E-state index contributed by atoms with van der Waals surface area (Å²) < 4.78 is 50.2. The maximum Gasteiger partial charge on any atom is 0.250 e. The quantitative estimate of drug-likeness (QED) is 0.873. The van der Waals surface area contributed by atoms with Gasteiger partial charge in [-0.3, -0.25) is 0 Å². The van der Waals surface area contributed by atoms with Gasteiger partial charge in [0.05, 0.1) is 27.1 Å². The Bertz CT molecular complexity index is 895. The summed E-state index contributed by atoms with van der Waals surface area (Å²) >= 11 is 2.64. The molecule has 0 saturated carbocycles. The van der Waals surface area contributed by atoms with Crippen molar-refractivity contribution in [2.45, 2.75) is 23.6 Å². The van der Waals surface area contributed by atoms with Crippen LogP contribution in [0.1, 0.15) is 11.4 Å². The molecule has 1 saturated heterocycles. The Morgan fingerprint density at radius 1 is 1.36 bits per heavy atom. The fraction of sp³-hybridized carbons (Fsp3) is 0.417. The molecule has 0 aromatic carbocycles. The number of rotatable bonds is 4. The smallest absolute Gasteiger partial charge is 0.241 e. The molecule has 2 aromatic heterocycles. The summed E-state index contributed by atoms with van der Waals surface area (Å²) in [7, 11) is -6.81. The number of hydrogen-bond acceptors (Lipinski definition) is 7. The molecule has 1 fully saturated rings. The minimum atomic E-state index is -3.69. The van der Waals surface area contributed by atoms with Crippen molar-refractivity contribution < 1.29 is 16.8 Å². The molecule has 3 heterocycles. The number of sulfone groups is 1. The highest BCUT2D eigenvalue weighted by atomic mass is 32.2. The summed E-state index contributed by atoms with van der Waals surface area (Å²) in [6.07, 6.45) is 0.324. The maximum atomic E-state index is 12.3. The van der Waals surface area contributed by atoms with E-state index in [0.717, 1.165) is 26.9 Å². The highest BCUT2D eigenvalue weighted by molar-refractivity contribution is 7.92. The molecular formula is C12H14N2O4S4. The van der Waals surface area contributed by atoms with E-state index in [9.17, 15) is 16.8 Å². The summed E-state index contributed by atoms with van der Waals surface area (Å²) in [5.74, 6) is -0.0935. The molecule has 3 rings (SSSR count). The van der Waals surface area contributed by atoms with Crippen LogP contribution in [0.5, 0.6) is 0 Å². The third-order valence-electron chi connectivity index (χ3n) is 3.27. The van der Waals surface area contributed by atoms with E-state index < -0.39 is 25.9 Å². The van der Waals surface area contributed by atoms with Crippen molar-refractivity contribution in [3.05, 3.63) is 22.5 Å². The van der Waals surface area contributed by atoms with Gasteiger partial charge in [0.25, 0.3) is 0 Å². The van der Waals surface area contributed by atoms with Crippen LogP contribution < -0.4 is 4.72 Å². The number of hydrogen-bond donors (Lipinski definition) is 1. The number of sulfonamides is 1. The van der Waals surface area contributed by atoms with E-state index >= 15 is 0 Å². The molecule has 1 atom stereocenters. The number of thiazole rings is 1. The standard InChI is InChI=1S/C12H14N2O4S4/c1-8-13-10(6-19-8)11-2-3-12(20-11)22(17,18)14-9-4-5-21(15,16)7-9/h2-3,6,9,14H,4-5,7H2,1H3/t9-/m1/s1. The highest BCUT2D eigenvalue weighted by Crippen LogP contribution is 2.31. The van der Waals surface area contributed by atoms with Crippen LogP contribution in [0.25, 0.3) is 10.6 Å². The zero-order chi connectivity index (χ0) is 16.0. The fourth-order valence-corrected chi connectivity index (χ4v) is 7.26. The van der Waals surface area contributed by atoms with Crippen molar-refractivity contribution in [3.63, 3.8) is 0 Å². The Morgan fingerprint density at radius 2 is 2.14 bits per heavy atom. The third-order valence-corrected chi connectivity index (χ3v) is 8.93. The average molecular weight is 379 g/mol. The minimum absolute atomic E-state index is 0.0357. The Labute approximate surface area is 137 Å². The van der Waals surface area contributed by atoms with Crippen molar-refractivity contribution in [1.82, 2.24) is 9.71 Å². The van der Waals surface area contributed by atoms with Gasteiger partial charge in [-0.1, -0.05) is 0 Å². The van der Waals surface area contributed by atoms with Gasteiger partial charge in [-0.15, -0.1) is 22.7 Å². The van der Waals surface area contributed by atoms with Gasteiger partial charge < -0.3 is 0 Å². The van der Waals surface area contributed by atoms with E-state index in [4.69, 9.17) is 0 Å². The Kier molecular flexibility index (Phi) is 4.14. The number of nitrogens with zero attached hydrogens (tertiary/aromatic N) is 1. The SMILES string of the molecule is Cc1nc(-c2ccc(S(=O)(=O)N[C@@H]3CCS(=O)(=O)C3)s2)cs1. The monoisotopic (exact) mass is 378 g/mol. The predicted octanol–water partition coefficient (Wildman–Crippen LogP) is 1.65. The Balaban J connectivity index is 1.80. The van der Waals surface area contributed by atoms with Gasteiger partial charge in [0.1, 0.15) is 4.21 Å². The molecule has 0 unspecified atom stereocenters. The van der Waals surface area contributed by atoms with E-state index in [1.807, 2.05) is 12.3 Å². The fourth-order valence-electron chi connectivity index (χ4n) is 2.24. The van der Waals surface area contributed by atoms with E-state index in [1.165, 1.54) is 17.4 Å². The molecule has 1 aliphatic heterocycles. The first-order chi connectivity index (χ1) is 10.3. The van der Waals surface area contributed by atoms with E-state index in [0.29, 0.717) is 6.42 Å². The second-order valence-corrected chi connectivity index (χ2v) is 11.4. The average Bonchev–Trinajstić information content (AvgIpc) is 3.09. The molecule has 120 valence electrons. The lowest BCUT2D eigenvalue weighted by Crippen LogP contribution is -2.35. The lowest BCUT2D eigenvalue weighted by atomic mass is 10.3. The lowest BCUT2D eigenvalue weighted by molar-refractivity contribution is 0.564. The second-order valence-electron chi connectivity index (χ2n) is 5.09. The van der Waals surface area contributed by atoms with Crippen molar-refractivity contribution in [3.8, 4) is 10.6 Å². The number of aryl methyl sites for hydroxylation is 1. The summed E-state index contributed by atoms with van der Waals surface area (Å²) in [5.41, 5.74) is 0.761. The van der Waals surface area contributed by atoms with Crippen LogP contribution in [0, 0.1) is 6.92 Å². The molecule has 0 bridgehead atoms. The Hall–Kier alpha value is -0.810. The van der Waals surface area contributed by atoms with Crippen LogP contribution in [-0.4, -0.2) is 39.4 Å². The van der Waals surface area contributed by atoms with Gasteiger partial charge in [-0.2, -0.15) is 0 Å². The highest BCUT2D eigenvalue weighted by Gasteiger charge is 2.32. The summed E-state index contributed by atoms with van der Waals surface area (Å²) in [5, 5.41) is 2.80. The zero-order valence-corrected chi connectivity index (χ0v) is 14.9. The summed E-state index contributed by atoms with van der Waals surface area (Å²) in [4.78, 5) is 5.11. The number of aromatic nitrogens is 1. The first kappa shape index (κ1) is 16.1. The van der Waals surface area contributed by atoms with Gasteiger partial charge in [-0.05, 0) is 25.5 Å². The normalized spacial score (nSPS) is 21.2. The van der Waals surface area contributed by atoms with Gasteiger partial charge in [0, 0.05) is 11.4 Å². The van der Waals surface area contributed by atoms with Gasteiger partial charge >= 0.3 is 0 Å². The molecular weight excluding hydrogens is 364 g/mol. The van der Waals surface area contributed by atoms with Crippen LogP contribution in [0.2, 0.25) is 0 Å². The van der Waals surface area contributed by atoms with Crippen LogP contribution in [0.4, 0.5) is 0 Å². The van der Waals surface area contributed by atoms with Crippen molar-refractivity contribution >= 4 is 42.5 Å². The summed E-state index contributed by atoms with van der Waals surface area (Å²) in [6, 6.07) is 2.71. The largest absolute Gasteiger partial charge is 0.250 e. The molecule has 0 radical (unpaired) electrons. The Morgan fingerprint density at radius 3 is 2.73 bits per heavy atom. The van der Waals surface area contributed by atoms with Crippen molar-refractivity contribution in [1.29, 1.82) is 0 Å². The van der Waals surface area contributed by atoms with Gasteiger partial charge in [0.15, 0.2) is 9.84 Å². The first-order valence-electron chi connectivity index (χ1n) is 6.50. The van der Waals surface area contributed by atoms with Crippen LogP contribution in [0.3, 0.4) is 0 Å². The molecule has 2 aromatic rings. The molecule has 0 spiro atoms. The number of thiophene rings is 1.